The molecule has 2 aromatic rings. The highest BCUT2D eigenvalue weighted by Gasteiger charge is 2.21. The van der Waals surface area contributed by atoms with Crippen molar-refractivity contribution in [2.45, 2.75) is 25.3 Å². The van der Waals surface area contributed by atoms with Gasteiger partial charge in [0.05, 0.1) is 11.4 Å². The quantitative estimate of drug-likeness (QED) is 0.580. The number of nitrogens with one attached hydrogen (secondary N) is 2. The number of hydrogen-bond donors (Lipinski definition) is 3. The number of para-hydroxylation sites is 1. The van der Waals surface area contributed by atoms with Gasteiger partial charge in [-0.2, -0.15) is 8.42 Å². The van der Waals surface area contributed by atoms with Gasteiger partial charge < -0.3 is 5.43 Å². The van der Waals surface area contributed by atoms with E-state index < -0.39 is 10.0 Å². The standard InChI is InChI=1S/C14H18N4O2S/c1-3-11-7-4-6-10(2)13(11)18-21(19,20)14-12(17-15)8-5-9-16-14/h4-9,17-18H,3,15H2,1-2H3. The summed E-state index contributed by atoms with van der Waals surface area (Å²) in [6.45, 7) is 3.83. The van der Waals surface area contributed by atoms with Crippen molar-refractivity contribution in [3.8, 4) is 0 Å². The van der Waals surface area contributed by atoms with Gasteiger partial charge in [0.25, 0.3) is 10.0 Å². The molecule has 1 heterocycles. The number of anilines is 2. The maximum Gasteiger partial charge on any atom is 0.281 e. The second kappa shape index (κ2) is 6.11. The van der Waals surface area contributed by atoms with E-state index in [1.54, 1.807) is 12.1 Å². The monoisotopic (exact) mass is 306 g/mol. The number of sulfonamides is 1. The largest absolute Gasteiger partial charge is 0.321 e. The molecule has 6 nitrogen and oxygen atoms in total. The molecule has 0 aliphatic carbocycles. The van der Waals surface area contributed by atoms with Gasteiger partial charge in [-0.3, -0.25) is 10.6 Å². The lowest BCUT2D eigenvalue weighted by atomic mass is 10.1. The Morgan fingerprint density at radius 2 is 2.00 bits per heavy atom. The van der Waals surface area contributed by atoms with Crippen LogP contribution in [0.5, 0.6) is 0 Å². The van der Waals surface area contributed by atoms with Gasteiger partial charge in [0.15, 0.2) is 0 Å². The fourth-order valence-electron chi connectivity index (χ4n) is 2.07. The second-order valence-corrected chi connectivity index (χ2v) is 6.17. The number of aryl methyl sites for hydroxylation is 2. The van der Waals surface area contributed by atoms with Crippen LogP contribution >= 0.6 is 0 Å². The Kier molecular flexibility index (Phi) is 4.44. The van der Waals surface area contributed by atoms with Gasteiger partial charge in [0.1, 0.15) is 0 Å². The summed E-state index contributed by atoms with van der Waals surface area (Å²) in [6, 6.07) is 8.82. The minimum atomic E-state index is -3.81. The van der Waals surface area contributed by atoms with Crippen LogP contribution in [0.4, 0.5) is 11.4 Å². The minimum Gasteiger partial charge on any atom is -0.321 e. The molecule has 0 aliphatic rings. The van der Waals surface area contributed by atoms with Crippen molar-refractivity contribution in [2.24, 2.45) is 5.84 Å². The molecule has 0 bridgehead atoms. The first kappa shape index (κ1) is 15.3. The summed E-state index contributed by atoms with van der Waals surface area (Å²) in [6.07, 6.45) is 2.14. The molecule has 112 valence electrons. The van der Waals surface area contributed by atoms with Crippen molar-refractivity contribution >= 4 is 21.4 Å². The van der Waals surface area contributed by atoms with E-state index in [-0.39, 0.29) is 10.7 Å². The first-order valence-corrected chi connectivity index (χ1v) is 8.01. The number of aromatic nitrogens is 1. The molecular weight excluding hydrogens is 288 g/mol. The fraction of sp³-hybridized carbons (Fsp3) is 0.214. The third-order valence-electron chi connectivity index (χ3n) is 3.16. The van der Waals surface area contributed by atoms with Crippen LogP contribution in [0, 0.1) is 6.92 Å². The van der Waals surface area contributed by atoms with Gasteiger partial charge in [0, 0.05) is 6.20 Å². The summed E-state index contributed by atoms with van der Waals surface area (Å²) >= 11 is 0. The van der Waals surface area contributed by atoms with Gasteiger partial charge in [-0.25, -0.2) is 4.98 Å². The van der Waals surface area contributed by atoms with Crippen molar-refractivity contribution in [3.63, 3.8) is 0 Å². The van der Waals surface area contributed by atoms with Crippen LogP contribution in [0.15, 0.2) is 41.6 Å². The van der Waals surface area contributed by atoms with Crippen molar-refractivity contribution in [2.75, 3.05) is 10.1 Å². The number of nitrogens with zero attached hydrogens (tertiary/aromatic N) is 1. The van der Waals surface area contributed by atoms with E-state index in [0.29, 0.717) is 5.69 Å². The van der Waals surface area contributed by atoms with E-state index >= 15 is 0 Å². The van der Waals surface area contributed by atoms with E-state index in [9.17, 15) is 8.42 Å². The molecule has 1 aromatic heterocycles. The Labute approximate surface area is 124 Å². The SMILES string of the molecule is CCc1cccc(C)c1NS(=O)(=O)c1ncccc1NN. The molecule has 0 unspecified atom stereocenters. The van der Waals surface area contributed by atoms with Gasteiger partial charge in [-0.15, -0.1) is 0 Å². The zero-order valence-corrected chi connectivity index (χ0v) is 12.7. The average molecular weight is 306 g/mol. The number of hydrogen-bond acceptors (Lipinski definition) is 5. The maximum absolute atomic E-state index is 12.5. The number of rotatable bonds is 5. The number of pyridine rings is 1. The Hall–Kier alpha value is -2.12. The van der Waals surface area contributed by atoms with E-state index in [4.69, 9.17) is 5.84 Å². The Bertz CT molecular complexity index is 744. The highest BCUT2D eigenvalue weighted by atomic mass is 32.2. The molecule has 0 fully saturated rings. The third kappa shape index (κ3) is 3.14. The molecule has 0 saturated carbocycles. The first-order chi connectivity index (χ1) is 9.99. The highest BCUT2D eigenvalue weighted by molar-refractivity contribution is 7.92. The Morgan fingerprint density at radius 1 is 1.24 bits per heavy atom. The number of nitrogen functional groups attached to an aromatic ring is 1. The van der Waals surface area contributed by atoms with Crippen LogP contribution in [-0.2, 0) is 16.4 Å². The zero-order chi connectivity index (χ0) is 15.5. The molecular formula is C14H18N4O2S. The van der Waals surface area contributed by atoms with Crippen LogP contribution in [-0.4, -0.2) is 13.4 Å². The maximum atomic E-state index is 12.5. The first-order valence-electron chi connectivity index (χ1n) is 6.52. The molecule has 1 aromatic carbocycles. The van der Waals surface area contributed by atoms with Crippen LogP contribution in [0.1, 0.15) is 18.1 Å². The summed E-state index contributed by atoms with van der Waals surface area (Å²) in [7, 11) is -3.81. The molecule has 0 radical (unpaired) electrons. The van der Waals surface area contributed by atoms with E-state index in [1.807, 2.05) is 32.0 Å². The zero-order valence-electron chi connectivity index (χ0n) is 11.9. The lowest BCUT2D eigenvalue weighted by molar-refractivity contribution is 0.598. The summed E-state index contributed by atoms with van der Waals surface area (Å²) in [4.78, 5) is 3.91. The minimum absolute atomic E-state index is 0.127. The van der Waals surface area contributed by atoms with E-state index in [0.717, 1.165) is 17.5 Å². The Morgan fingerprint density at radius 3 is 2.67 bits per heavy atom. The molecule has 0 amide bonds. The molecule has 0 saturated heterocycles. The molecule has 21 heavy (non-hydrogen) atoms. The molecule has 0 spiro atoms. The fourth-order valence-corrected chi connectivity index (χ4v) is 3.34. The number of hydrazine groups is 1. The molecule has 2 rings (SSSR count). The van der Waals surface area contributed by atoms with Gasteiger partial charge in [-0.1, -0.05) is 25.1 Å². The lowest BCUT2D eigenvalue weighted by Gasteiger charge is -2.15. The van der Waals surface area contributed by atoms with Crippen LogP contribution in [0.3, 0.4) is 0 Å². The predicted octanol–water partition coefficient (Wildman–Crippen LogP) is 2.04. The number of benzene rings is 1. The van der Waals surface area contributed by atoms with Crippen LogP contribution < -0.4 is 16.0 Å². The summed E-state index contributed by atoms with van der Waals surface area (Å²) in [5, 5.41) is -0.127. The van der Waals surface area contributed by atoms with Gasteiger partial charge in [0.2, 0.25) is 5.03 Å². The number of nitrogens with two attached hydrogens (primary N) is 1. The normalized spacial score (nSPS) is 11.2. The van der Waals surface area contributed by atoms with Crippen molar-refractivity contribution in [3.05, 3.63) is 47.7 Å². The summed E-state index contributed by atoms with van der Waals surface area (Å²) < 4.78 is 27.7. The average Bonchev–Trinajstić information content (AvgIpc) is 2.49. The van der Waals surface area contributed by atoms with Crippen molar-refractivity contribution in [1.82, 2.24) is 4.98 Å². The van der Waals surface area contributed by atoms with Crippen LogP contribution in [0.25, 0.3) is 0 Å². The lowest BCUT2D eigenvalue weighted by Crippen LogP contribution is -2.20. The van der Waals surface area contributed by atoms with E-state index in [1.165, 1.54) is 6.20 Å². The third-order valence-corrected chi connectivity index (χ3v) is 4.46. The van der Waals surface area contributed by atoms with Crippen LogP contribution in [0.2, 0.25) is 0 Å². The topological polar surface area (TPSA) is 97.1 Å². The second-order valence-electron chi connectivity index (χ2n) is 4.57. The molecule has 7 heteroatoms. The molecule has 0 atom stereocenters. The summed E-state index contributed by atoms with van der Waals surface area (Å²) in [5.41, 5.74) is 4.97. The molecule has 4 N–H and O–H groups in total. The summed E-state index contributed by atoms with van der Waals surface area (Å²) in [5.74, 6) is 5.34. The predicted molar refractivity (Wildman–Crippen MR) is 83.4 cm³/mol. The smallest absolute Gasteiger partial charge is 0.281 e. The van der Waals surface area contributed by atoms with Crippen molar-refractivity contribution in [1.29, 1.82) is 0 Å². The van der Waals surface area contributed by atoms with Gasteiger partial charge >= 0.3 is 0 Å². The van der Waals surface area contributed by atoms with E-state index in [2.05, 4.69) is 15.1 Å². The highest BCUT2D eigenvalue weighted by Crippen LogP contribution is 2.26. The molecule has 0 aliphatic heterocycles. The Balaban J connectivity index is 2.48. The van der Waals surface area contributed by atoms with Crippen molar-refractivity contribution < 1.29 is 8.42 Å². The van der Waals surface area contributed by atoms with Gasteiger partial charge in [-0.05, 0) is 36.6 Å².